The number of para-hydroxylation sites is 1. The number of carbonyl (C=O) groups is 2. The monoisotopic (exact) mass is 392 g/mol. The first kappa shape index (κ1) is 18.7. The van der Waals surface area contributed by atoms with Gasteiger partial charge >= 0.3 is 0 Å². The molecular formula is C21H20N4O4. The summed E-state index contributed by atoms with van der Waals surface area (Å²) in [5.74, 6) is 0.659. The molecule has 0 unspecified atom stereocenters. The lowest BCUT2D eigenvalue weighted by atomic mass is 10.0. The minimum absolute atomic E-state index is 0.133. The van der Waals surface area contributed by atoms with Gasteiger partial charge in [0, 0.05) is 18.7 Å². The Balaban J connectivity index is 1.41. The van der Waals surface area contributed by atoms with Crippen molar-refractivity contribution in [1.82, 2.24) is 15.0 Å². The summed E-state index contributed by atoms with van der Waals surface area (Å²) in [5, 5.41) is 6.41. The minimum Gasteiger partial charge on any atom is -0.439 e. The number of likely N-dealkylation sites (tertiary alicyclic amines) is 1. The van der Waals surface area contributed by atoms with E-state index in [1.54, 1.807) is 17.0 Å². The van der Waals surface area contributed by atoms with Gasteiger partial charge in [-0.3, -0.25) is 9.59 Å². The number of amides is 2. The maximum atomic E-state index is 12.8. The molecule has 8 heteroatoms. The van der Waals surface area contributed by atoms with Gasteiger partial charge in [0.25, 0.3) is 5.91 Å². The molecule has 3 heterocycles. The number of anilines is 1. The van der Waals surface area contributed by atoms with E-state index in [1.165, 1.54) is 18.5 Å². The third-order valence-corrected chi connectivity index (χ3v) is 4.68. The summed E-state index contributed by atoms with van der Waals surface area (Å²) in [7, 11) is 0. The van der Waals surface area contributed by atoms with Crippen LogP contribution in [0.15, 0.2) is 65.4 Å². The molecule has 1 saturated heterocycles. The van der Waals surface area contributed by atoms with Crippen LogP contribution < -0.4 is 10.1 Å². The van der Waals surface area contributed by atoms with Gasteiger partial charge in [0.1, 0.15) is 11.8 Å². The molecule has 3 aromatic rings. The number of rotatable bonds is 5. The fraction of sp³-hybridized carbons (Fsp3) is 0.238. The molecule has 0 radical (unpaired) electrons. The maximum absolute atomic E-state index is 12.8. The molecule has 0 bridgehead atoms. The summed E-state index contributed by atoms with van der Waals surface area (Å²) in [6, 6.07) is 13.7. The Morgan fingerprint density at radius 2 is 1.97 bits per heavy atom. The molecule has 1 aliphatic rings. The average molecular weight is 392 g/mol. The number of carbonyl (C=O) groups excluding carboxylic acids is 2. The van der Waals surface area contributed by atoms with E-state index < -0.39 is 6.04 Å². The Labute approximate surface area is 167 Å². The van der Waals surface area contributed by atoms with Crippen molar-refractivity contribution in [3.8, 4) is 11.6 Å². The number of piperidine rings is 1. The van der Waals surface area contributed by atoms with E-state index in [0.717, 1.165) is 12.8 Å². The van der Waals surface area contributed by atoms with Crippen LogP contribution in [-0.2, 0) is 4.79 Å². The Morgan fingerprint density at radius 3 is 2.69 bits per heavy atom. The average Bonchev–Trinajstić information content (AvgIpc) is 3.30. The van der Waals surface area contributed by atoms with Crippen LogP contribution in [0.25, 0.3) is 0 Å². The summed E-state index contributed by atoms with van der Waals surface area (Å²) in [6.07, 6.45) is 5.25. The highest BCUT2D eigenvalue weighted by Gasteiger charge is 2.34. The zero-order valence-electron chi connectivity index (χ0n) is 15.7. The molecule has 4 rings (SSSR count). The first-order chi connectivity index (χ1) is 14.2. The van der Waals surface area contributed by atoms with E-state index in [2.05, 4.69) is 15.5 Å². The Morgan fingerprint density at radius 1 is 1.10 bits per heavy atom. The van der Waals surface area contributed by atoms with Crippen molar-refractivity contribution in [2.45, 2.75) is 25.3 Å². The summed E-state index contributed by atoms with van der Waals surface area (Å²) >= 11 is 0. The highest BCUT2D eigenvalue weighted by atomic mass is 16.5. The smallest absolute Gasteiger partial charge is 0.293 e. The van der Waals surface area contributed by atoms with E-state index in [4.69, 9.17) is 9.26 Å². The lowest BCUT2D eigenvalue weighted by Crippen LogP contribution is -2.49. The fourth-order valence-corrected chi connectivity index (χ4v) is 3.26. The number of nitrogens with zero attached hydrogens (tertiary/aromatic N) is 3. The number of nitrogens with one attached hydrogen (secondary N) is 1. The van der Waals surface area contributed by atoms with E-state index >= 15 is 0 Å². The zero-order chi connectivity index (χ0) is 20.1. The van der Waals surface area contributed by atoms with Crippen molar-refractivity contribution < 1.29 is 18.8 Å². The highest BCUT2D eigenvalue weighted by molar-refractivity contribution is 6.00. The molecule has 1 aliphatic heterocycles. The second kappa shape index (κ2) is 8.55. The Bertz CT molecular complexity index is 958. The molecule has 1 N–H and O–H groups in total. The number of hydrogen-bond donors (Lipinski definition) is 1. The van der Waals surface area contributed by atoms with E-state index in [1.807, 2.05) is 30.3 Å². The van der Waals surface area contributed by atoms with Crippen LogP contribution in [0, 0.1) is 0 Å². The summed E-state index contributed by atoms with van der Waals surface area (Å²) in [6.45, 7) is 0.500. The first-order valence-corrected chi connectivity index (χ1v) is 9.42. The van der Waals surface area contributed by atoms with Crippen LogP contribution in [0.4, 0.5) is 5.69 Å². The standard InChI is InChI=1S/C21H20N4O4/c26-20(17-8-4-5-13-25(17)21(27)18-11-12-23-29-18)24-15-9-10-19(22-14-15)28-16-6-2-1-3-7-16/h1-3,6-7,9-12,14,17H,4-5,8,13H2,(H,24,26)/t17-/m1/s1. The van der Waals surface area contributed by atoms with Gasteiger partial charge in [0.15, 0.2) is 0 Å². The predicted octanol–water partition coefficient (Wildman–Crippen LogP) is 3.50. The maximum Gasteiger partial charge on any atom is 0.293 e. The van der Waals surface area contributed by atoms with Crippen molar-refractivity contribution in [2.24, 2.45) is 0 Å². The molecule has 8 nitrogen and oxygen atoms in total. The lowest BCUT2D eigenvalue weighted by molar-refractivity contribution is -0.121. The summed E-state index contributed by atoms with van der Waals surface area (Å²) in [4.78, 5) is 31.2. The zero-order valence-corrected chi connectivity index (χ0v) is 15.7. The van der Waals surface area contributed by atoms with Gasteiger partial charge in [-0.25, -0.2) is 4.98 Å². The molecule has 148 valence electrons. The number of aromatic nitrogens is 2. The highest BCUT2D eigenvalue weighted by Crippen LogP contribution is 2.23. The lowest BCUT2D eigenvalue weighted by Gasteiger charge is -2.33. The van der Waals surface area contributed by atoms with Crippen molar-refractivity contribution in [3.63, 3.8) is 0 Å². The Hall–Kier alpha value is -3.68. The van der Waals surface area contributed by atoms with Crippen LogP contribution in [-0.4, -0.2) is 39.4 Å². The van der Waals surface area contributed by atoms with Gasteiger partial charge in [-0.15, -0.1) is 0 Å². The number of hydrogen-bond acceptors (Lipinski definition) is 6. The van der Waals surface area contributed by atoms with E-state index in [0.29, 0.717) is 30.3 Å². The van der Waals surface area contributed by atoms with Gasteiger partial charge in [-0.05, 0) is 37.5 Å². The number of benzene rings is 1. The SMILES string of the molecule is O=C(Nc1ccc(Oc2ccccc2)nc1)[C@H]1CCCCN1C(=O)c1ccno1. The quantitative estimate of drug-likeness (QED) is 0.714. The molecule has 29 heavy (non-hydrogen) atoms. The molecule has 0 spiro atoms. The van der Waals surface area contributed by atoms with Crippen molar-refractivity contribution in [1.29, 1.82) is 0 Å². The summed E-state index contributed by atoms with van der Waals surface area (Å²) in [5.41, 5.74) is 0.535. The molecule has 2 amide bonds. The largest absolute Gasteiger partial charge is 0.439 e. The van der Waals surface area contributed by atoms with Gasteiger partial charge in [0.2, 0.25) is 17.5 Å². The van der Waals surface area contributed by atoms with Crippen molar-refractivity contribution >= 4 is 17.5 Å². The molecule has 1 fully saturated rings. The number of ether oxygens (including phenoxy) is 1. The molecule has 1 atom stereocenters. The number of pyridine rings is 1. The second-order valence-electron chi connectivity index (χ2n) is 6.68. The van der Waals surface area contributed by atoms with Crippen LogP contribution in [0.2, 0.25) is 0 Å². The van der Waals surface area contributed by atoms with Crippen molar-refractivity contribution in [2.75, 3.05) is 11.9 Å². The van der Waals surface area contributed by atoms with Gasteiger partial charge in [0.05, 0.1) is 18.1 Å². The minimum atomic E-state index is -0.568. The van der Waals surface area contributed by atoms with Crippen LogP contribution in [0.1, 0.15) is 29.8 Å². The third kappa shape index (κ3) is 4.43. The molecule has 2 aromatic heterocycles. The third-order valence-electron chi connectivity index (χ3n) is 4.68. The van der Waals surface area contributed by atoms with E-state index in [9.17, 15) is 9.59 Å². The molecule has 1 aromatic carbocycles. The first-order valence-electron chi connectivity index (χ1n) is 9.42. The van der Waals surface area contributed by atoms with E-state index in [-0.39, 0.29) is 17.6 Å². The fourth-order valence-electron chi connectivity index (χ4n) is 3.26. The molecular weight excluding hydrogens is 372 g/mol. The normalized spacial score (nSPS) is 16.3. The van der Waals surface area contributed by atoms with Crippen molar-refractivity contribution in [3.05, 3.63) is 66.7 Å². The molecule has 0 saturated carbocycles. The van der Waals surface area contributed by atoms with Gasteiger partial charge < -0.3 is 19.5 Å². The topological polar surface area (TPSA) is 97.6 Å². The van der Waals surface area contributed by atoms with Gasteiger partial charge in [-0.2, -0.15) is 0 Å². The van der Waals surface area contributed by atoms with Crippen LogP contribution in [0.3, 0.4) is 0 Å². The van der Waals surface area contributed by atoms with Gasteiger partial charge in [-0.1, -0.05) is 23.4 Å². The van der Waals surface area contributed by atoms with Crippen LogP contribution >= 0.6 is 0 Å². The Kier molecular flexibility index (Phi) is 5.51. The van der Waals surface area contributed by atoms with Crippen LogP contribution in [0.5, 0.6) is 11.6 Å². The predicted molar refractivity (Wildman–Crippen MR) is 105 cm³/mol. The molecule has 0 aliphatic carbocycles. The summed E-state index contributed by atoms with van der Waals surface area (Å²) < 4.78 is 10.6. The second-order valence-corrected chi connectivity index (χ2v) is 6.68.